The van der Waals surface area contributed by atoms with Gasteiger partial charge in [0.05, 0.1) is 6.04 Å². The number of anilines is 1. The Labute approximate surface area is 170 Å². The molecule has 2 nitrogen and oxygen atoms in total. The highest BCUT2D eigenvalue weighted by atomic mass is 35.5. The summed E-state index contributed by atoms with van der Waals surface area (Å²) in [6.45, 7) is 1.94. The lowest BCUT2D eigenvalue weighted by molar-refractivity contribution is -0.119. The number of benzene rings is 3. The number of nitrogens with zero attached hydrogens (tertiary/aromatic N) is 1. The van der Waals surface area contributed by atoms with Gasteiger partial charge in [0.25, 0.3) is 0 Å². The molecule has 3 aromatic rings. The van der Waals surface area contributed by atoms with Gasteiger partial charge in [0.15, 0.2) is 0 Å². The molecule has 3 aromatic carbocycles. The van der Waals surface area contributed by atoms with Gasteiger partial charge >= 0.3 is 0 Å². The fourth-order valence-corrected chi connectivity index (χ4v) is 5.20. The summed E-state index contributed by atoms with van der Waals surface area (Å²) in [5.41, 5.74) is 3.41. The highest BCUT2D eigenvalue weighted by Gasteiger charge is 2.44. The summed E-state index contributed by atoms with van der Waals surface area (Å²) in [4.78, 5) is 15.2. The van der Waals surface area contributed by atoms with Crippen LogP contribution in [0.3, 0.4) is 0 Å². The lowest BCUT2D eigenvalue weighted by Gasteiger charge is -2.45. The summed E-state index contributed by atoms with van der Waals surface area (Å²) in [7, 11) is 0. The molecule has 0 radical (unpaired) electrons. The first kappa shape index (κ1) is 17.5. The molecule has 140 valence electrons. The number of rotatable bonds is 2. The first-order valence-electron chi connectivity index (χ1n) is 9.95. The SMILES string of the molecule is CCC(=O)N1c2ccc(Cl)cc2[C@H]2C=CC[C@@H]2[C@H]1c1cccc2ccccc12. The molecule has 3 heteroatoms. The largest absolute Gasteiger partial charge is 0.304 e. The van der Waals surface area contributed by atoms with Crippen molar-refractivity contribution in [3.05, 3.63) is 89.0 Å². The van der Waals surface area contributed by atoms with Crippen LogP contribution < -0.4 is 4.90 Å². The molecule has 1 aliphatic carbocycles. The van der Waals surface area contributed by atoms with E-state index in [-0.39, 0.29) is 11.9 Å². The van der Waals surface area contributed by atoms with Crippen molar-refractivity contribution >= 4 is 34.0 Å². The average Bonchev–Trinajstić information content (AvgIpc) is 3.22. The monoisotopic (exact) mass is 387 g/mol. The minimum atomic E-state index is 0.0206. The van der Waals surface area contributed by atoms with Crippen LogP contribution in [0.2, 0.25) is 5.02 Å². The number of amides is 1. The fourth-order valence-electron chi connectivity index (χ4n) is 5.02. The zero-order valence-corrected chi connectivity index (χ0v) is 16.6. The van der Waals surface area contributed by atoms with E-state index in [1.165, 1.54) is 21.9 Å². The predicted octanol–water partition coefficient (Wildman–Crippen LogP) is 6.65. The molecule has 0 bridgehead atoms. The van der Waals surface area contributed by atoms with E-state index < -0.39 is 0 Å². The van der Waals surface area contributed by atoms with E-state index in [0.717, 1.165) is 17.1 Å². The van der Waals surface area contributed by atoms with Crippen molar-refractivity contribution in [1.29, 1.82) is 0 Å². The molecule has 3 atom stereocenters. The highest BCUT2D eigenvalue weighted by Crippen LogP contribution is 2.54. The summed E-state index contributed by atoms with van der Waals surface area (Å²) in [6, 6.07) is 20.9. The van der Waals surface area contributed by atoms with Crippen LogP contribution in [-0.2, 0) is 4.79 Å². The molecule has 0 aromatic heterocycles. The van der Waals surface area contributed by atoms with Gasteiger partial charge in [-0.15, -0.1) is 0 Å². The van der Waals surface area contributed by atoms with Gasteiger partial charge in [-0.05, 0) is 52.4 Å². The van der Waals surface area contributed by atoms with Crippen molar-refractivity contribution in [2.75, 3.05) is 4.90 Å². The van der Waals surface area contributed by atoms with Crippen LogP contribution in [0.5, 0.6) is 0 Å². The zero-order chi connectivity index (χ0) is 19.3. The Kier molecular flexibility index (Phi) is 4.25. The van der Waals surface area contributed by atoms with Gasteiger partial charge in [-0.2, -0.15) is 0 Å². The van der Waals surface area contributed by atoms with Crippen LogP contribution in [0.4, 0.5) is 5.69 Å². The van der Waals surface area contributed by atoms with E-state index in [1.54, 1.807) is 0 Å². The first-order chi connectivity index (χ1) is 13.7. The quantitative estimate of drug-likeness (QED) is 0.450. The molecule has 0 spiro atoms. The maximum absolute atomic E-state index is 13.2. The van der Waals surface area contributed by atoms with E-state index in [4.69, 9.17) is 11.6 Å². The van der Waals surface area contributed by atoms with Crippen LogP contribution in [0, 0.1) is 5.92 Å². The van der Waals surface area contributed by atoms with Crippen LogP contribution in [0.25, 0.3) is 10.8 Å². The molecule has 0 unspecified atom stereocenters. The summed E-state index contributed by atoms with van der Waals surface area (Å²) in [6.07, 6.45) is 6.01. The summed E-state index contributed by atoms with van der Waals surface area (Å²) < 4.78 is 0. The predicted molar refractivity (Wildman–Crippen MR) is 116 cm³/mol. The smallest absolute Gasteiger partial charge is 0.227 e. The molecule has 5 rings (SSSR count). The minimum absolute atomic E-state index is 0.0206. The van der Waals surface area contributed by atoms with Crippen LogP contribution in [0.15, 0.2) is 72.8 Å². The molecule has 0 fully saturated rings. The third-order valence-corrected chi connectivity index (χ3v) is 6.45. The molecule has 1 heterocycles. The van der Waals surface area contributed by atoms with Crippen molar-refractivity contribution in [2.45, 2.75) is 31.7 Å². The van der Waals surface area contributed by atoms with Gasteiger partial charge in [0.1, 0.15) is 0 Å². The van der Waals surface area contributed by atoms with E-state index in [1.807, 2.05) is 30.0 Å². The molecular formula is C25H22ClNO. The Morgan fingerprint density at radius 1 is 1.07 bits per heavy atom. The van der Waals surface area contributed by atoms with Crippen molar-refractivity contribution in [3.63, 3.8) is 0 Å². The van der Waals surface area contributed by atoms with Gasteiger partial charge in [-0.3, -0.25) is 4.79 Å². The molecule has 0 saturated heterocycles. The maximum Gasteiger partial charge on any atom is 0.227 e. The Hall–Kier alpha value is -2.58. The number of hydrogen-bond acceptors (Lipinski definition) is 1. The second kappa shape index (κ2) is 6.79. The number of halogens is 1. The molecule has 1 amide bonds. The number of carbonyl (C=O) groups excluding carboxylic acids is 1. The number of fused-ring (bicyclic) bond motifs is 4. The van der Waals surface area contributed by atoms with Crippen molar-refractivity contribution in [2.24, 2.45) is 5.92 Å². The highest BCUT2D eigenvalue weighted by molar-refractivity contribution is 6.30. The molecule has 28 heavy (non-hydrogen) atoms. The third kappa shape index (κ3) is 2.59. The van der Waals surface area contributed by atoms with Crippen LogP contribution in [-0.4, -0.2) is 5.91 Å². The van der Waals surface area contributed by atoms with Crippen molar-refractivity contribution < 1.29 is 4.79 Å². The average molecular weight is 388 g/mol. The Morgan fingerprint density at radius 3 is 2.75 bits per heavy atom. The molecule has 1 aliphatic heterocycles. The third-order valence-electron chi connectivity index (χ3n) is 6.22. The van der Waals surface area contributed by atoms with Crippen molar-refractivity contribution in [1.82, 2.24) is 0 Å². The summed E-state index contributed by atoms with van der Waals surface area (Å²) in [5, 5.41) is 3.17. The van der Waals surface area contributed by atoms with Gasteiger partial charge in [-0.25, -0.2) is 0 Å². The summed E-state index contributed by atoms with van der Waals surface area (Å²) in [5.74, 6) is 0.776. The second-order valence-corrected chi connectivity index (χ2v) is 8.12. The van der Waals surface area contributed by atoms with E-state index in [9.17, 15) is 4.79 Å². The first-order valence-corrected chi connectivity index (χ1v) is 10.3. The minimum Gasteiger partial charge on any atom is -0.304 e. The Morgan fingerprint density at radius 2 is 1.89 bits per heavy atom. The number of allylic oxidation sites excluding steroid dienone is 2. The van der Waals surface area contributed by atoms with Gasteiger partial charge in [0.2, 0.25) is 5.91 Å². The van der Waals surface area contributed by atoms with Gasteiger partial charge in [0, 0.05) is 23.0 Å². The van der Waals surface area contributed by atoms with E-state index in [0.29, 0.717) is 18.3 Å². The van der Waals surface area contributed by atoms with Crippen LogP contribution >= 0.6 is 11.6 Å². The second-order valence-electron chi connectivity index (χ2n) is 7.69. The van der Waals surface area contributed by atoms with Crippen LogP contribution in [0.1, 0.15) is 42.9 Å². The molecule has 0 N–H and O–H groups in total. The van der Waals surface area contributed by atoms with E-state index in [2.05, 4.69) is 54.6 Å². The van der Waals surface area contributed by atoms with Gasteiger partial charge in [-0.1, -0.05) is 73.1 Å². The molecule has 2 aliphatic rings. The van der Waals surface area contributed by atoms with Gasteiger partial charge < -0.3 is 4.90 Å². The fraction of sp³-hybridized carbons (Fsp3) is 0.240. The Bertz CT molecular complexity index is 1100. The normalized spacial score (nSPS) is 22.9. The zero-order valence-electron chi connectivity index (χ0n) is 15.8. The van der Waals surface area contributed by atoms with E-state index >= 15 is 0 Å². The lowest BCUT2D eigenvalue weighted by atomic mass is 9.74. The molecular weight excluding hydrogens is 366 g/mol. The standard InChI is InChI=1S/C25H22ClNO/c1-2-24(28)27-23-14-13-17(26)15-22(23)19-10-6-12-21(19)25(27)20-11-5-8-16-7-3-4-9-18(16)20/h3-11,13-15,19,21,25H,2,12H2,1H3/t19-,21-,25+/m0/s1. The number of hydrogen-bond donors (Lipinski definition) is 0. The number of carbonyl (C=O) groups is 1. The maximum atomic E-state index is 13.2. The summed E-state index contributed by atoms with van der Waals surface area (Å²) >= 11 is 6.33. The Balaban J connectivity index is 1.78. The van der Waals surface area contributed by atoms with Crippen molar-refractivity contribution in [3.8, 4) is 0 Å². The topological polar surface area (TPSA) is 20.3 Å². The molecule has 0 saturated carbocycles. The lowest BCUT2D eigenvalue weighted by Crippen LogP contribution is -2.43.